The largest absolute Gasteiger partial charge is 0.314 e. The predicted molar refractivity (Wildman–Crippen MR) is 85.9 cm³/mol. The lowest BCUT2D eigenvalue weighted by molar-refractivity contribution is 0.317. The molecule has 0 fully saturated rings. The van der Waals surface area contributed by atoms with Gasteiger partial charge in [0.2, 0.25) is 0 Å². The second kappa shape index (κ2) is 9.36. The molecule has 0 saturated carbocycles. The van der Waals surface area contributed by atoms with E-state index in [0.29, 0.717) is 29.0 Å². The van der Waals surface area contributed by atoms with Gasteiger partial charge in [-0.3, -0.25) is 0 Å². The van der Waals surface area contributed by atoms with Crippen molar-refractivity contribution in [3.63, 3.8) is 0 Å². The molecule has 0 aliphatic heterocycles. The van der Waals surface area contributed by atoms with E-state index in [2.05, 4.69) is 26.1 Å². The molecule has 0 saturated heterocycles. The monoisotopic (exact) mass is 299 g/mol. The molecule has 0 aliphatic rings. The first-order valence-corrected chi connectivity index (χ1v) is 8.18. The lowest BCUT2D eigenvalue weighted by Crippen LogP contribution is -2.38. The van der Waals surface area contributed by atoms with E-state index in [9.17, 15) is 4.39 Å². The summed E-state index contributed by atoms with van der Waals surface area (Å²) in [6, 6.07) is 5.23. The molecule has 1 nitrogen and oxygen atoms in total. The first-order chi connectivity index (χ1) is 9.63. The van der Waals surface area contributed by atoms with Gasteiger partial charge >= 0.3 is 0 Å². The maximum absolute atomic E-state index is 14.0. The van der Waals surface area contributed by atoms with Crippen LogP contribution in [-0.4, -0.2) is 12.6 Å². The van der Waals surface area contributed by atoms with Crippen LogP contribution in [0.2, 0.25) is 5.02 Å². The van der Waals surface area contributed by atoms with Crippen molar-refractivity contribution in [1.82, 2.24) is 5.32 Å². The minimum absolute atomic E-state index is 0.189. The molecule has 0 aromatic heterocycles. The van der Waals surface area contributed by atoms with Crippen molar-refractivity contribution in [3.8, 4) is 0 Å². The summed E-state index contributed by atoms with van der Waals surface area (Å²) < 4.78 is 14.0. The van der Waals surface area contributed by atoms with Gasteiger partial charge in [-0.15, -0.1) is 0 Å². The summed E-state index contributed by atoms with van der Waals surface area (Å²) in [6.45, 7) is 7.43. The third-order valence-corrected chi connectivity index (χ3v) is 4.33. The summed E-state index contributed by atoms with van der Waals surface area (Å²) in [7, 11) is 0. The van der Waals surface area contributed by atoms with Crippen LogP contribution < -0.4 is 5.32 Å². The van der Waals surface area contributed by atoms with E-state index < -0.39 is 0 Å². The third kappa shape index (κ3) is 5.06. The van der Waals surface area contributed by atoms with Crippen LogP contribution in [0.5, 0.6) is 0 Å². The van der Waals surface area contributed by atoms with Crippen LogP contribution >= 0.6 is 11.6 Å². The zero-order valence-electron chi connectivity index (χ0n) is 12.9. The third-order valence-electron chi connectivity index (χ3n) is 3.97. The topological polar surface area (TPSA) is 12.0 Å². The van der Waals surface area contributed by atoms with E-state index in [1.807, 2.05) is 0 Å². The highest BCUT2D eigenvalue weighted by Crippen LogP contribution is 2.25. The molecule has 0 bridgehead atoms. The summed E-state index contributed by atoms with van der Waals surface area (Å²) in [6.07, 6.45) is 5.41. The molecule has 1 N–H and O–H groups in total. The fraction of sp³-hybridized carbons (Fsp3) is 0.647. The first-order valence-electron chi connectivity index (χ1n) is 7.80. The molecule has 1 aromatic carbocycles. The predicted octanol–water partition coefficient (Wildman–Crippen LogP) is 5.22. The molecule has 0 amide bonds. The van der Waals surface area contributed by atoms with Crippen molar-refractivity contribution in [2.45, 2.75) is 58.9 Å². The average Bonchev–Trinajstić information content (AvgIpc) is 2.43. The quantitative estimate of drug-likeness (QED) is 0.659. The summed E-state index contributed by atoms with van der Waals surface area (Å²) in [5.41, 5.74) is 0.648. The highest BCUT2D eigenvalue weighted by atomic mass is 35.5. The maximum Gasteiger partial charge on any atom is 0.127 e. The van der Waals surface area contributed by atoms with Gasteiger partial charge < -0.3 is 5.32 Å². The molecule has 0 radical (unpaired) electrons. The fourth-order valence-corrected chi connectivity index (χ4v) is 3.01. The molecule has 2 unspecified atom stereocenters. The molecular formula is C17H27ClFN. The standard InChI is InChI=1S/C17H27ClFN/c1-4-7-9-13(5-2)17(20-6-3)12-14-15(18)10-8-11-16(14)19/h8,10-11,13,17,20H,4-7,9,12H2,1-3H3. The highest BCUT2D eigenvalue weighted by Gasteiger charge is 2.21. The van der Waals surface area contributed by atoms with Gasteiger partial charge in [0.15, 0.2) is 0 Å². The van der Waals surface area contributed by atoms with Gasteiger partial charge in [0, 0.05) is 16.6 Å². The average molecular weight is 300 g/mol. The Hall–Kier alpha value is -0.600. The van der Waals surface area contributed by atoms with Crippen LogP contribution in [0, 0.1) is 11.7 Å². The van der Waals surface area contributed by atoms with E-state index in [1.165, 1.54) is 25.3 Å². The Morgan fingerprint density at radius 2 is 2.00 bits per heavy atom. The Balaban J connectivity index is 2.84. The smallest absolute Gasteiger partial charge is 0.127 e. The number of benzene rings is 1. The van der Waals surface area contributed by atoms with Crippen molar-refractivity contribution < 1.29 is 4.39 Å². The molecule has 0 aliphatic carbocycles. The fourth-order valence-electron chi connectivity index (χ4n) is 2.77. The SMILES string of the molecule is CCCCC(CC)C(Cc1c(F)cccc1Cl)NCC. The van der Waals surface area contributed by atoms with Crippen molar-refractivity contribution in [2.24, 2.45) is 5.92 Å². The second-order valence-electron chi connectivity index (χ2n) is 5.38. The van der Waals surface area contributed by atoms with Crippen LogP contribution in [0.15, 0.2) is 18.2 Å². The maximum atomic E-state index is 14.0. The van der Waals surface area contributed by atoms with E-state index >= 15 is 0 Å². The van der Waals surface area contributed by atoms with Crippen molar-refractivity contribution in [3.05, 3.63) is 34.6 Å². The molecule has 1 rings (SSSR count). The molecule has 20 heavy (non-hydrogen) atoms. The number of rotatable bonds is 9. The van der Waals surface area contributed by atoms with E-state index in [1.54, 1.807) is 12.1 Å². The molecule has 2 atom stereocenters. The second-order valence-corrected chi connectivity index (χ2v) is 5.79. The summed E-state index contributed by atoms with van der Waals surface area (Å²) in [5, 5.41) is 4.06. The zero-order valence-corrected chi connectivity index (χ0v) is 13.6. The number of hydrogen-bond donors (Lipinski definition) is 1. The Morgan fingerprint density at radius 1 is 1.25 bits per heavy atom. The molecule has 114 valence electrons. The lowest BCUT2D eigenvalue weighted by atomic mass is 9.87. The van der Waals surface area contributed by atoms with Gasteiger partial charge in [0.1, 0.15) is 5.82 Å². The van der Waals surface area contributed by atoms with Crippen molar-refractivity contribution in [1.29, 1.82) is 0 Å². The van der Waals surface area contributed by atoms with Crippen LogP contribution in [-0.2, 0) is 6.42 Å². The molecule has 3 heteroatoms. The van der Waals surface area contributed by atoms with Crippen LogP contribution in [0.25, 0.3) is 0 Å². The van der Waals surface area contributed by atoms with Gasteiger partial charge in [0.05, 0.1) is 0 Å². The first kappa shape index (κ1) is 17.5. The number of halogens is 2. The number of unbranched alkanes of at least 4 members (excludes halogenated alkanes) is 1. The summed E-state index contributed by atoms with van der Waals surface area (Å²) >= 11 is 6.16. The summed E-state index contributed by atoms with van der Waals surface area (Å²) in [5.74, 6) is 0.385. The Morgan fingerprint density at radius 3 is 2.55 bits per heavy atom. The van der Waals surface area contributed by atoms with Crippen LogP contribution in [0.3, 0.4) is 0 Å². The highest BCUT2D eigenvalue weighted by molar-refractivity contribution is 6.31. The minimum atomic E-state index is -0.189. The lowest BCUT2D eigenvalue weighted by Gasteiger charge is -2.27. The van der Waals surface area contributed by atoms with E-state index in [-0.39, 0.29) is 5.82 Å². The number of nitrogens with one attached hydrogen (secondary N) is 1. The summed E-state index contributed by atoms with van der Waals surface area (Å²) in [4.78, 5) is 0. The Labute approximate surface area is 127 Å². The van der Waals surface area contributed by atoms with E-state index in [4.69, 9.17) is 11.6 Å². The van der Waals surface area contributed by atoms with Crippen LogP contribution in [0.4, 0.5) is 4.39 Å². The minimum Gasteiger partial charge on any atom is -0.314 e. The normalized spacial score (nSPS) is 14.2. The van der Waals surface area contributed by atoms with E-state index in [0.717, 1.165) is 13.0 Å². The molecule has 0 spiro atoms. The number of likely N-dealkylation sites (N-methyl/N-ethyl adjacent to an activating group) is 1. The van der Waals surface area contributed by atoms with Gasteiger partial charge in [-0.2, -0.15) is 0 Å². The van der Waals surface area contributed by atoms with Gasteiger partial charge in [-0.25, -0.2) is 4.39 Å². The number of hydrogen-bond acceptors (Lipinski definition) is 1. The Kier molecular flexibility index (Phi) is 8.16. The molecule has 0 heterocycles. The molecule has 1 aromatic rings. The van der Waals surface area contributed by atoms with Crippen LogP contribution in [0.1, 0.15) is 52.0 Å². The Bertz CT molecular complexity index is 374. The van der Waals surface area contributed by atoms with Crippen molar-refractivity contribution in [2.75, 3.05) is 6.54 Å². The van der Waals surface area contributed by atoms with Gasteiger partial charge in [-0.05, 0) is 37.4 Å². The molecular weight excluding hydrogens is 273 g/mol. The zero-order chi connectivity index (χ0) is 15.0. The van der Waals surface area contributed by atoms with Gasteiger partial charge in [0.25, 0.3) is 0 Å². The van der Waals surface area contributed by atoms with Gasteiger partial charge in [-0.1, -0.05) is 57.7 Å². The van der Waals surface area contributed by atoms with Crippen molar-refractivity contribution >= 4 is 11.6 Å².